The van der Waals surface area contributed by atoms with Crippen LogP contribution in [0.3, 0.4) is 0 Å². The molecule has 6 nitrogen and oxygen atoms in total. The van der Waals surface area contributed by atoms with Gasteiger partial charge in [-0.3, -0.25) is 9.59 Å². The molecule has 0 bridgehead atoms. The Morgan fingerprint density at radius 2 is 1.77 bits per heavy atom. The van der Waals surface area contributed by atoms with Crippen LogP contribution >= 0.6 is 0 Å². The number of carboxylic acid groups (broad SMARTS) is 1. The summed E-state index contributed by atoms with van der Waals surface area (Å²) in [5.41, 5.74) is 1.93. The molecule has 0 aliphatic carbocycles. The first-order valence-corrected chi connectivity index (χ1v) is 8.36. The molecular formula is C20H22N2O4. The van der Waals surface area contributed by atoms with Crippen LogP contribution in [-0.4, -0.2) is 29.4 Å². The number of carbonyl (C=O) groups excluding carboxylic acids is 2. The van der Waals surface area contributed by atoms with E-state index >= 15 is 0 Å². The van der Waals surface area contributed by atoms with Crippen molar-refractivity contribution in [2.24, 2.45) is 0 Å². The third-order valence-corrected chi connectivity index (χ3v) is 3.88. The zero-order valence-electron chi connectivity index (χ0n) is 14.6. The third-order valence-electron chi connectivity index (χ3n) is 3.88. The van der Waals surface area contributed by atoms with Crippen molar-refractivity contribution in [3.8, 4) is 0 Å². The van der Waals surface area contributed by atoms with E-state index in [-0.39, 0.29) is 29.8 Å². The molecule has 0 fully saturated rings. The SMILES string of the molecule is CC(=O)NC(CC(=O)NCCc1cccc(C(=O)O)c1)c1ccccc1. The van der Waals surface area contributed by atoms with Crippen molar-refractivity contribution in [2.45, 2.75) is 25.8 Å². The smallest absolute Gasteiger partial charge is 0.335 e. The Hall–Kier alpha value is -3.15. The van der Waals surface area contributed by atoms with Crippen LogP contribution in [0.4, 0.5) is 0 Å². The molecule has 2 aromatic rings. The molecule has 0 spiro atoms. The number of nitrogens with one attached hydrogen (secondary N) is 2. The second-order valence-corrected chi connectivity index (χ2v) is 5.97. The van der Waals surface area contributed by atoms with E-state index in [4.69, 9.17) is 5.11 Å². The van der Waals surface area contributed by atoms with Crippen LogP contribution in [0.1, 0.15) is 40.9 Å². The average molecular weight is 354 g/mol. The minimum atomic E-state index is -0.975. The fraction of sp³-hybridized carbons (Fsp3) is 0.250. The Morgan fingerprint density at radius 3 is 2.42 bits per heavy atom. The summed E-state index contributed by atoms with van der Waals surface area (Å²) in [6, 6.07) is 15.6. The van der Waals surface area contributed by atoms with Gasteiger partial charge < -0.3 is 15.7 Å². The van der Waals surface area contributed by atoms with Gasteiger partial charge in [-0.25, -0.2) is 4.79 Å². The maximum atomic E-state index is 12.2. The van der Waals surface area contributed by atoms with Crippen LogP contribution in [0.2, 0.25) is 0 Å². The molecule has 2 rings (SSSR count). The van der Waals surface area contributed by atoms with E-state index in [0.29, 0.717) is 13.0 Å². The first-order valence-electron chi connectivity index (χ1n) is 8.36. The number of carboxylic acids is 1. The average Bonchev–Trinajstić information content (AvgIpc) is 2.62. The van der Waals surface area contributed by atoms with Gasteiger partial charge in [-0.05, 0) is 29.7 Å². The number of benzene rings is 2. The number of rotatable bonds is 8. The third kappa shape index (κ3) is 6.05. The van der Waals surface area contributed by atoms with Crippen LogP contribution in [0.15, 0.2) is 54.6 Å². The quantitative estimate of drug-likeness (QED) is 0.678. The van der Waals surface area contributed by atoms with Gasteiger partial charge in [-0.15, -0.1) is 0 Å². The zero-order chi connectivity index (χ0) is 18.9. The summed E-state index contributed by atoms with van der Waals surface area (Å²) in [4.78, 5) is 34.6. The lowest BCUT2D eigenvalue weighted by Crippen LogP contribution is -2.33. The second-order valence-electron chi connectivity index (χ2n) is 5.97. The summed E-state index contributed by atoms with van der Waals surface area (Å²) < 4.78 is 0. The van der Waals surface area contributed by atoms with E-state index in [1.807, 2.05) is 36.4 Å². The first-order chi connectivity index (χ1) is 12.5. The molecule has 26 heavy (non-hydrogen) atoms. The second kappa shape index (κ2) is 9.36. The number of amides is 2. The van der Waals surface area contributed by atoms with Crippen LogP contribution in [0, 0.1) is 0 Å². The van der Waals surface area contributed by atoms with Crippen LogP contribution in [-0.2, 0) is 16.0 Å². The fourth-order valence-corrected chi connectivity index (χ4v) is 2.65. The molecule has 1 atom stereocenters. The lowest BCUT2D eigenvalue weighted by Gasteiger charge is -2.18. The zero-order valence-corrected chi connectivity index (χ0v) is 14.6. The maximum absolute atomic E-state index is 12.2. The van der Waals surface area contributed by atoms with E-state index in [2.05, 4.69) is 10.6 Å². The number of carbonyl (C=O) groups is 3. The molecule has 0 heterocycles. The van der Waals surface area contributed by atoms with Crippen molar-refractivity contribution in [3.63, 3.8) is 0 Å². The molecule has 0 saturated carbocycles. The largest absolute Gasteiger partial charge is 0.478 e. The maximum Gasteiger partial charge on any atom is 0.335 e. The summed E-state index contributed by atoms with van der Waals surface area (Å²) in [6.45, 7) is 1.81. The summed E-state index contributed by atoms with van der Waals surface area (Å²) in [5, 5.41) is 14.6. The molecule has 2 aromatic carbocycles. The number of aromatic carboxylic acids is 1. The molecular weight excluding hydrogens is 332 g/mol. The highest BCUT2D eigenvalue weighted by Gasteiger charge is 2.16. The van der Waals surface area contributed by atoms with Gasteiger partial charge in [-0.1, -0.05) is 42.5 Å². The van der Waals surface area contributed by atoms with Crippen molar-refractivity contribution >= 4 is 17.8 Å². The molecule has 0 aliphatic heterocycles. The Morgan fingerprint density at radius 1 is 1.04 bits per heavy atom. The van der Waals surface area contributed by atoms with E-state index < -0.39 is 5.97 Å². The van der Waals surface area contributed by atoms with Gasteiger partial charge in [-0.2, -0.15) is 0 Å². The molecule has 136 valence electrons. The van der Waals surface area contributed by atoms with Crippen molar-refractivity contribution in [2.75, 3.05) is 6.54 Å². The monoisotopic (exact) mass is 354 g/mol. The van der Waals surface area contributed by atoms with Gasteiger partial charge in [0.2, 0.25) is 11.8 Å². The normalized spacial score (nSPS) is 11.4. The summed E-state index contributed by atoms with van der Waals surface area (Å²) >= 11 is 0. The van der Waals surface area contributed by atoms with Crippen molar-refractivity contribution in [1.29, 1.82) is 0 Å². The van der Waals surface area contributed by atoms with Crippen molar-refractivity contribution in [3.05, 3.63) is 71.3 Å². The molecule has 0 saturated heterocycles. The topological polar surface area (TPSA) is 95.5 Å². The lowest BCUT2D eigenvalue weighted by atomic mass is 10.0. The molecule has 0 radical (unpaired) electrons. The molecule has 3 N–H and O–H groups in total. The number of hydrogen-bond acceptors (Lipinski definition) is 3. The van der Waals surface area contributed by atoms with Gasteiger partial charge in [0.15, 0.2) is 0 Å². The highest BCUT2D eigenvalue weighted by atomic mass is 16.4. The summed E-state index contributed by atoms with van der Waals surface area (Å²) in [6.07, 6.45) is 0.668. The van der Waals surface area contributed by atoms with Crippen molar-refractivity contribution < 1.29 is 19.5 Å². The first kappa shape index (κ1) is 19.2. The molecule has 6 heteroatoms. The van der Waals surface area contributed by atoms with Gasteiger partial charge in [0, 0.05) is 13.5 Å². The van der Waals surface area contributed by atoms with Crippen LogP contribution in [0.5, 0.6) is 0 Å². The van der Waals surface area contributed by atoms with Crippen molar-refractivity contribution in [1.82, 2.24) is 10.6 Å². The molecule has 1 unspecified atom stereocenters. The predicted molar refractivity (Wildman–Crippen MR) is 97.7 cm³/mol. The molecule has 0 aromatic heterocycles. The van der Waals surface area contributed by atoms with E-state index in [0.717, 1.165) is 11.1 Å². The standard InChI is InChI=1S/C20H22N2O4/c1-14(23)22-18(16-7-3-2-4-8-16)13-19(24)21-11-10-15-6-5-9-17(12-15)20(25)26/h2-9,12,18H,10-11,13H2,1H3,(H,21,24)(H,22,23)(H,25,26). The summed E-state index contributed by atoms with van der Waals surface area (Å²) in [5.74, 6) is -1.35. The lowest BCUT2D eigenvalue weighted by molar-refractivity contribution is -0.122. The molecule has 0 aliphatic rings. The Bertz CT molecular complexity index is 774. The minimum absolute atomic E-state index is 0.138. The van der Waals surface area contributed by atoms with E-state index in [1.165, 1.54) is 13.0 Å². The van der Waals surface area contributed by atoms with Crippen LogP contribution < -0.4 is 10.6 Å². The highest BCUT2D eigenvalue weighted by Crippen LogP contribution is 2.16. The summed E-state index contributed by atoms with van der Waals surface area (Å²) in [7, 11) is 0. The van der Waals surface area contributed by atoms with Gasteiger partial charge in [0.05, 0.1) is 18.0 Å². The Labute approximate surface area is 152 Å². The van der Waals surface area contributed by atoms with Gasteiger partial charge in [0.1, 0.15) is 0 Å². The predicted octanol–water partition coefficient (Wildman–Crippen LogP) is 2.31. The van der Waals surface area contributed by atoms with E-state index in [1.54, 1.807) is 12.1 Å². The van der Waals surface area contributed by atoms with Gasteiger partial charge >= 0.3 is 5.97 Å². The molecule has 2 amide bonds. The Kier molecular flexibility index (Phi) is 6.91. The fourth-order valence-electron chi connectivity index (χ4n) is 2.65. The van der Waals surface area contributed by atoms with Crippen LogP contribution in [0.25, 0.3) is 0 Å². The van der Waals surface area contributed by atoms with E-state index in [9.17, 15) is 14.4 Å². The number of hydrogen-bond donors (Lipinski definition) is 3. The highest BCUT2D eigenvalue weighted by molar-refractivity contribution is 5.87. The minimum Gasteiger partial charge on any atom is -0.478 e. The van der Waals surface area contributed by atoms with Gasteiger partial charge in [0.25, 0.3) is 0 Å². The Balaban J connectivity index is 1.89.